The highest BCUT2D eigenvalue weighted by atomic mass is 79.9. The van der Waals surface area contributed by atoms with Gasteiger partial charge in [0.15, 0.2) is 0 Å². The molecule has 0 spiro atoms. The zero-order valence-electron chi connectivity index (χ0n) is 17.0. The zero-order valence-corrected chi connectivity index (χ0v) is 18.6. The van der Waals surface area contributed by atoms with Gasteiger partial charge in [-0.1, -0.05) is 48.0 Å². The Morgan fingerprint density at radius 3 is 2.72 bits per heavy atom. The third-order valence-corrected chi connectivity index (χ3v) is 6.13. The molecule has 148 valence electrons. The van der Waals surface area contributed by atoms with Crippen LogP contribution in [0.3, 0.4) is 0 Å². The molecule has 6 heteroatoms. The summed E-state index contributed by atoms with van der Waals surface area (Å²) in [6, 6.07) is 13.8. The van der Waals surface area contributed by atoms with Gasteiger partial charge in [0.1, 0.15) is 5.82 Å². The van der Waals surface area contributed by atoms with Crippen LogP contribution in [0.1, 0.15) is 43.3 Å². The molecule has 2 aromatic heterocycles. The fraction of sp³-hybridized carbons (Fsp3) is 0.261. The van der Waals surface area contributed by atoms with Gasteiger partial charge < -0.3 is 4.57 Å². The van der Waals surface area contributed by atoms with Gasteiger partial charge in [-0.3, -0.25) is 4.79 Å². The lowest BCUT2D eigenvalue weighted by Gasteiger charge is -2.14. The third kappa shape index (κ3) is 3.31. The van der Waals surface area contributed by atoms with Gasteiger partial charge in [0, 0.05) is 39.6 Å². The van der Waals surface area contributed by atoms with Crippen molar-refractivity contribution >= 4 is 44.0 Å². The molecule has 0 fully saturated rings. The quantitative estimate of drug-likeness (QED) is 0.393. The second-order valence-corrected chi connectivity index (χ2v) is 8.29. The van der Waals surface area contributed by atoms with E-state index in [-0.39, 0.29) is 11.5 Å². The number of hydrogen-bond donors (Lipinski definition) is 0. The minimum atomic E-state index is -0.152. The zero-order chi connectivity index (χ0) is 20.7. The Morgan fingerprint density at radius 1 is 1.21 bits per heavy atom. The fourth-order valence-corrected chi connectivity index (χ4v) is 3.97. The molecule has 0 aliphatic carbocycles. The summed E-state index contributed by atoms with van der Waals surface area (Å²) in [6.07, 6.45) is 2.66. The van der Waals surface area contributed by atoms with Crippen LogP contribution in [0.4, 0.5) is 0 Å². The third-order valence-electron chi connectivity index (χ3n) is 5.64. The van der Waals surface area contributed by atoms with Gasteiger partial charge in [-0.05, 0) is 37.6 Å². The highest BCUT2D eigenvalue weighted by Gasteiger charge is 2.16. The molecule has 2 heterocycles. The van der Waals surface area contributed by atoms with Gasteiger partial charge >= 0.3 is 0 Å². The maximum Gasteiger partial charge on any atom is 0.282 e. The average Bonchev–Trinajstić information content (AvgIpc) is 2.97. The number of aryl methyl sites for hydroxylation is 1. The lowest BCUT2D eigenvalue weighted by Crippen LogP contribution is -2.23. The number of halogens is 1. The molecule has 0 radical (unpaired) electrons. The number of rotatable bonds is 4. The van der Waals surface area contributed by atoms with E-state index in [2.05, 4.69) is 58.5 Å². The summed E-state index contributed by atoms with van der Waals surface area (Å²) >= 11 is 3.45. The normalized spacial score (nSPS) is 13.0. The van der Waals surface area contributed by atoms with Crippen molar-refractivity contribution in [3.63, 3.8) is 0 Å². The van der Waals surface area contributed by atoms with Gasteiger partial charge in [0.25, 0.3) is 5.56 Å². The fourth-order valence-electron chi connectivity index (χ4n) is 3.61. The van der Waals surface area contributed by atoms with Crippen LogP contribution in [-0.2, 0) is 7.05 Å². The summed E-state index contributed by atoms with van der Waals surface area (Å²) in [5.74, 6) is 0.794. The average molecular weight is 451 g/mol. The van der Waals surface area contributed by atoms with E-state index in [4.69, 9.17) is 4.98 Å². The topological polar surface area (TPSA) is 52.2 Å². The largest absolute Gasteiger partial charge is 0.347 e. The maximum atomic E-state index is 13.3. The highest BCUT2D eigenvalue weighted by Crippen LogP contribution is 2.24. The molecule has 0 amide bonds. The van der Waals surface area contributed by atoms with Crippen molar-refractivity contribution in [2.45, 2.75) is 33.1 Å². The van der Waals surface area contributed by atoms with Gasteiger partial charge in [-0.25, -0.2) is 4.98 Å². The number of nitrogens with zero attached hydrogens (tertiary/aromatic N) is 4. The van der Waals surface area contributed by atoms with Crippen LogP contribution in [0.25, 0.3) is 21.8 Å². The van der Waals surface area contributed by atoms with Crippen LogP contribution in [0, 0.1) is 6.92 Å². The first-order valence-corrected chi connectivity index (χ1v) is 10.5. The first-order valence-electron chi connectivity index (χ1n) is 9.73. The van der Waals surface area contributed by atoms with Crippen LogP contribution >= 0.6 is 15.9 Å². The Bertz CT molecular complexity index is 1320. The van der Waals surface area contributed by atoms with Crippen molar-refractivity contribution in [1.82, 2.24) is 14.2 Å². The minimum absolute atomic E-state index is 0.113. The predicted octanol–water partition coefficient (Wildman–Crippen LogP) is 5.35. The van der Waals surface area contributed by atoms with E-state index in [1.165, 1.54) is 4.68 Å². The Kier molecular flexibility index (Phi) is 5.13. The van der Waals surface area contributed by atoms with Crippen molar-refractivity contribution in [2.24, 2.45) is 12.1 Å². The van der Waals surface area contributed by atoms with Crippen LogP contribution in [0.15, 0.2) is 56.8 Å². The summed E-state index contributed by atoms with van der Waals surface area (Å²) in [5, 5.41) is 6.31. The molecule has 4 aromatic rings. The Morgan fingerprint density at radius 2 is 1.97 bits per heavy atom. The summed E-state index contributed by atoms with van der Waals surface area (Å²) in [4.78, 5) is 18.1. The molecule has 1 atom stereocenters. The lowest BCUT2D eigenvalue weighted by atomic mass is 10.1. The molecule has 0 saturated carbocycles. The van der Waals surface area contributed by atoms with E-state index in [1.54, 1.807) is 12.3 Å². The van der Waals surface area contributed by atoms with E-state index in [0.717, 1.165) is 33.1 Å². The van der Waals surface area contributed by atoms with Crippen LogP contribution < -0.4 is 5.56 Å². The van der Waals surface area contributed by atoms with Crippen molar-refractivity contribution in [3.8, 4) is 0 Å². The summed E-state index contributed by atoms with van der Waals surface area (Å²) in [5.41, 5.74) is 3.80. The number of hydrogen-bond acceptors (Lipinski definition) is 3. The minimum Gasteiger partial charge on any atom is -0.347 e. The number of fused-ring (bicyclic) bond motifs is 2. The molecule has 29 heavy (non-hydrogen) atoms. The Hall–Kier alpha value is -2.73. The van der Waals surface area contributed by atoms with Gasteiger partial charge in [0.2, 0.25) is 0 Å². The molecule has 2 aromatic carbocycles. The van der Waals surface area contributed by atoms with Crippen LogP contribution in [0.5, 0.6) is 0 Å². The van der Waals surface area contributed by atoms with E-state index in [0.29, 0.717) is 16.7 Å². The molecule has 0 aliphatic rings. The summed E-state index contributed by atoms with van der Waals surface area (Å²) < 4.78 is 4.45. The first-order chi connectivity index (χ1) is 13.9. The summed E-state index contributed by atoms with van der Waals surface area (Å²) in [6.45, 7) is 6.22. The molecular weight excluding hydrogens is 428 g/mol. The monoisotopic (exact) mass is 450 g/mol. The second kappa shape index (κ2) is 7.59. The molecule has 0 unspecified atom stereocenters. The smallest absolute Gasteiger partial charge is 0.282 e. The molecular formula is C23H23BrN4O. The van der Waals surface area contributed by atoms with Crippen molar-refractivity contribution < 1.29 is 0 Å². The molecule has 4 rings (SSSR count). The maximum absolute atomic E-state index is 13.3. The van der Waals surface area contributed by atoms with E-state index >= 15 is 0 Å². The van der Waals surface area contributed by atoms with Crippen molar-refractivity contribution in [3.05, 3.63) is 74.4 Å². The number of aromatic nitrogens is 3. The highest BCUT2D eigenvalue weighted by molar-refractivity contribution is 9.10. The number of benzene rings is 2. The molecule has 0 N–H and O–H groups in total. The molecule has 0 aliphatic heterocycles. The standard InChI is InChI=1S/C23H23BrN4O/c1-5-14(2)22-26-20-11-10-16(24)12-18(20)23(29)28(22)25-13-19-15(3)27(4)21-9-7-6-8-17(19)21/h6-14H,5H2,1-4H3/t14-/m1/s1. The second-order valence-electron chi connectivity index (χ2n) is 7.38. The van der Waals surface area contributed by atoms with Crippen molar-refractivity contribution in [1.29, 1.82) is 0 Å². The van der Waals surface area contributed by atoms with Crippen molar-refractivity contribution in [2.75, 3.05) is 0 Å². The molecule has 5 nitrogen and oxygen atoms in total. The Labute approximate surface area is 177 Å². The molecule has 0 bridgehead atoms. The van der Waals surface area contributed by atoms with Crippen LogP contribution in [-0.4, -0.2) is 20.4 Å². The van der Waals surface area contributed by atoms with E-state index in [9.17, 15) is 4.79 Å². The first kappa shape index (κ1) is 19.6. The predicted molar refractivity (Wildman–Crippen MR) is 123 cm³/mol. The van der Waals surface area contributed by atoms with Gasteiger partial charge in [-0.2, -0.15) is 9.78 Å². The molecule has 0 saturated heterocycles. The van der Waals surface area contributed by atoms with Gasteiger partial charge in [0.05, 0.1) is 17.1 Å². The SMILES string of the molecule is CC[C@@H](C)c1nc2ccc(Br)cc2c(=O)n1N=Cc1c(C)n(C)c2ccccc12. The van der Waals surface area contributed by atoms with E-state index < -0.39 is 0 Å². The summed E-state index contributed by atoms with van der Waals surface area (Å²) in [7, 11) is 2.04. The Balaban J connectivity index is 1.95. The van der Waals surface area contributed by atoms with Crippen LogP contribution in [0.2, 0.25) is 0 Å². The van der Waals surface area contributed by atoms with E-state index in [1.807, 2.05) is 31.3 Å². The number of para-hydroxylation sites is 1. The van der Waals surface area contributed by atoms with Gasteiger partial charge in [-0.15, -0.1) is 0 Å². The lowest BCUT2D eigenvalue weighted by molar-refractivity contribution is 0.613.